The molecule has 0 unspecified atom stereocenters. The van der Waals surface area contributed by atoms with Gasteiger partial charge in [0.05, 0.1) is 5.69 Å². The van der Waals surface area contributed by atoms with Crippen molar-refractivity contribution < 1.29 is 4.42 Å². The molecule has 0 bridgehead atoms. The van der Waals surface area contributed by atoms with Gasteiger partial charge in [0.15, 0.2) is 11.5 Å². The van der Waals surface area contributed by atoms with Crippen LogP contribution in [-0.4, -0.2) is 4.98 Å². The Morgan fingerprint density at radius 1 is 1.05 bits per heavy atom. The number of oxazole rings is 1. The zero-order chi connectivity index (χ0) is 14.1. The minimum absolute atomic E-state index is 0.661. The second-order valence-corrected chi connectivity index (χ2v) is 5.30. The fraction of sp³-hybridized carbons (Fsp3) is 0.235. The number of rotatable bonds is 3. The van der Waals surface area contributed by atoms with Crippen LogP contribution in [0, 0.1) is 13.8 Å². The summed E-state index contributed by atoms with van der Waals surface area (Å²) in [5.74, 6) is 0.749. The topological polar surface area (TPSA) is 52.0 Å². The van der Waals surface area contributed by atoms with E-state index in [0.717, 1.165) is 29.8 Å². The summed E-state index contributed by atoms with van der Waals surface area (Å²) in [5, 5.41) is 0. The van der Waals surface area contributed by atoms with Gasteiger partial charge in [0.1, 0.15) is 5.52 Å². The molecule has 2 N–H and O–H groups in total. The van der Waals surface area contributed by atoms with Crippen molar-refractivity contribution in [2.45, 2.75) is 26.7 Å². The quantitative estimate of drug-likeness (QED) is 0.733. The average Bonchev–Trinajstić information content (AvgIpc) is 2.80. The van der Waals surface area contributed by atoms with Gasteiger partial charge in [-0.1, -0.05) is 29.8 Å². The van der Waals surface area contributed by atoms with Gasteiger partial charge in [0.2, 0.25) is 0 Å². The maximum Gasteiger partial charge on any atom is 0.195 e. The first-order valence-electron chi connectivity index (χ1n) is 6.83. The van der Waals surface area contributed by atoms with E-state index in [4.69, 9.17) is 10.2 Å². The van der Waals surface area contributed by atoms with Crippen molar-refractivity contribution in [3.05, 3.63) is 59.0 Å². The Hall–Kier alpha value is -2.29. The maximum atomic E-state index is 5.96. The number of anilines is 1. The van der Waals surface area contributed by atoms with Crippen molar-refractivity contribution in [3.8, 4) is 0 Å². The van der Waals surface area contributed by atoms with Crippen LogP contribution >= 0.6 is 0 Å². The second-order valence-electron chi connectivity index (χ2n) is 5.30. The molecule has 3 aromatic rings. The number of benzene rings is 2. The number of fused-ring (bicyclic) bond motifs is 1. The van der Waals surface area contributed by atoms with Gasteiger partial charge in [0.25, 0.3) is 0 Å². The Morgan fingerprint density at radius 2 is 1.90 bits per heavy atom. The summed E-state index contributed by atoms with van der Waals surface area (Å²) in [7, 11) is 0. The van der Waals surface area contributed by atoms with E-state index in [1.807, 2.05) is 19.1 Å². The fourth-order valence-electron chi connectivity index (χ4n) is 2.48. The maximum absolute atomic E-state index is 5.96. The predicted octanol–water partition coefficient (Wildman–Crippen LogP) is 3.81. The number of nitrogens with zero attached hydrogens (tertiary/aromatic N) is 1. The molecule has 0 spiro atoms. The van der Waals surface area contributed by atoms with Crippen molar-refractivity contribution in [3.63, 3.8) is 0 Å². The van der Waals surface area contributed by atoms with E-state index in [2.05, 4.69) is 36.2 Å². The van der Waals surface area contributed by atoms with Crippen molar-refractivity contribution >= 4 is 16.8 Å². The molecule has 0 aliphatic rings. The molecule has 20 heavy (non-hydrogen) atoms. The largest absolute Gasteiger partial charge is 0.439 e. The monoisotopic (exact) mass is 266 g/mol. The first kappa shape index (κ1) is 12.7. The highest BCUT2D eigenvalue weighted by Gasteiger charge is 2.09. The molecular weight excluding hydrogens is 248 g/mol. The molecule has 3 rings (SSSR count). The van der Waals surface area contributed by atoms with Crippen LogP contribution in [0.5, 0.6) is 0 Å². The zero-order valence-electron chi connectivity index (χ0n) is 11.8. The lowest BCUT2D eigenvalue weighted by Crippen LogP contribution is -1.91. The molecule has 0 saturated carbocycles. The van der Waals surface area contributed by atoms with Crippen LogP contribution in [0.1, 0.15) is 22.6 Å². The van der Waals surface area contributed by atoms with Crippen molar-refractivity contribution in [2.75, 3.05) is 5.73 Å². The lowest BCUT2D eigenvalue weighted by molar-refractivity contribution is 0.529. The van der Waals surface area contributed by atoms with Crippen LogP contribution in [0.25, 0.3) is 11.1 Å². The summed E-state index contributed by atoms with van der Waals surface area (Å²) >= 11 is 0. The zero-order valence-corrected chi connectivity index (χ0v) is 11.8. The smallest absolute Gasteiger partial charge is 0.195 e. The molecule has 0 aliphatic carbocycles. The van der Waals surface area contributed by atoms with Crippen LogP contribution in [0.2, 0.25) is 0 Å². The number of nitrogens with two attached hydrogens (primary N) is 1. The van der Waals surface area contributed by atoms with Crippen LogP contribution in [-0.2, 0) is 12.8 Å². The third kappa shape index (κ3) is 2.52. The van der Waals surface area contributed by atoms with Gasteiger partial charge in [-0.3, -0.25) is 0 Å². The summed E-state index contributed by atoms with van der Waals surface area (Å²) in [6.45, 7) is 4.11. The van der Waals surface area contributed by atoms with Gasteiger partial charge in [0, 0.05) is 6.42 Å². The van der Waals surface area contributed by atoms with Gasteiger partial charge < -0.3 is 10.2 Å². The molecule has 0 radical (unpaired) electrons. The first-order chi connectivity index (χ1) is 9.61. The first-order valence-corrected chi connectivity index (χ1v) is 6.83. The number of hydrogen-bond donors (Lipinski definition) is 1. The highest BCUT2D eigenvalue weighted by Crippen LogP contribution is 2.24. The van der Waals surface area contributed by atoms with Crippen LogP contribution in [0.4, 0.5) is 5.69 Å². The van der Waals surface area contributed by atoms with E-state index in [1.165, 1.54) is 11.1 Å². The Labute approximate surface area is 118 Å². The summed E-state index contributed by atoms with van der Waals surface area (Å²) in [4.78, 5) is 4.53. The molecule has 3 heteroatoms. The van der Waals surface area contributed by atoms with Gasteiger partial charge >= 0.3 is 0 Å². The van der Waals surface area contributed by atoms with E-state index in [-0.39, 0.29) is 0 Å². The summed E-state index contributed by atoms with van der Waals surface area (Å²) in [5.41, 5.74) is 11.9. The molecule has 1 heterocycles. The SMILES string of the molecule is Cc1cccc(CCc2nc3cc(C)cc(N)c3o2)c1. The molecule has 3 nitrogen and oxygen atoms in total. The molecule has 1 aromatic heterocycles. The van der Waals surface area contributed by atoms with Gasteiger partial charge in [-0.2, -0.15) is 0 Å². The van der Waals surface area contributed by atoms with Crippen molar-refractivity contribution in [2.24, 2.45) is 0 Å². The Balaban J connectivity index is 1.83. The summed E-state index contributed by atoms with van der Waals surface area (Å²) < 4.78 is 5.77. The van der Waals surface area contributed by atoms with E-state index >= 15 is 0 Å². The second kappa shape index (κ2) is 5.00. The number of aryl methyl sites for hydroxylation is 4. The fourth-order valence-corrected chi connectivity index (χ4v) is 2.48. The predicted molar refractivity (Wildman–Crippen MR) is 81.7 cm³/mol. The standard InChI is InChI=1S/C17H18N2O/c1-11-4-3-5-13(8-11)6-7-16-19-15-10-12(2)9-14(18)17(15)20-16/h3-5,8-10H,6-7,18H2,1-2H3. The summed E-state index contributed by atoms with van der Waals surface area (Å²) in [6, 6.07) is 12.4. The highest BCUT2D eigenvalue weighted by molar-refractivity contribution is 5.85. The van der Waals surface area contributed by atoms with Crippen molar-refractivity contribution in [1.82, 2.24) is 4.98 Å². The Morgan fingerprint density at radius 3 is 2.70 bits per heavy atom. The minimum Gasteiger partial charge on any atom is -0.439 e. The normalized spacial score (nSPS) is 11.1. The lowest BCUT2D eigenvalue weighted by Gasteiger charge is -2.00. The lowest BCUT2D eigenvalue weighted by atomic mass is 10.1. The number of hydrogen-bond acceptors (Lipinski definition) is 3. The Bertz CT molecular complexity index is 759. The molecule has 0 aliphatic heterocycles. The van der Waals surface area contributed by atoms with Crippen molar-refractivity contribution in [1.29, 1.82) is 0 Å². The minimum atomic E-state index is 0.661. The Kier molecular flexibility index (Phi) is 3.18. The number of aromatic nitrogens is 1. The van der Waals surface area contributed by atoms with E-state index in [0.29, 0.717) is 11.3 Å². The molecule has 102 valence electrons. The third-order valence-corrected chi connectivity index (χ3v) is 3.42. The number of nitrogen functional groups attached to an aromatic ring is 1. The van der Waals surface area contributed by atoms with Gasteiger partial charge in [-0.25, -0.2) is 4.98 Å². The van der Waals surface area contributed by atoms with E-state index < -0.39 is 0 Å². The molecule has 0 saturated heterocycles. The molecule has 2 aromatic carbocycles. The van der Waals surface area contributed by atoms with E-state index in [1.54, 1.807) is 0 Å². The van der Waals surface area contributed by atoms with Gasteiger partial charge in [-0.15, -0.1) is 0 Å². The molecule has 0 atom stereocenters. The van der Waals surface area contributed by atoms with Crippen LogP contribution in [0.15, 0.2) is 40.8 Å². The van der Waals surface area contributed by atoms with Crippen LogP contribution < -0.4 is 5.73 Å². The molecular formula is C17H18N2O. The molecule has 0 fully saturated rings. The van der Waals surface area contributed by atoms with Gasteiger partial charge in [-0.05, 0) is 43.5 Å². The highest BCUT2D eigenvalue weighted by atomic mass is 16.3. The van der Waals surface area contributed by atoms with Crippen LogP contribution in [0.3, 0.4) is 0 Å². The summed E-state index contributed by atoms with van der Waals surface area (Å²) in [6.07, 6.45) is 1.71. The third-order valence-electron chi connectivity index (χ3n) is 3.42. The molecule has 0 amide bonds. The average molecular weight is 266 g/mol. The van der Waals surface area contributed by atoms with E-state index in [9.17, 15) is 0 Å².